The Kier molecular flexibility index (Phi) is 4.85. The van der Waals surface area contributed by atoms with Gasteiger partial charge >= 0.3 is 0 Å². The summed E-state index contributed by atoms with van der Waals surface area (Å²) in [6, 6.07) is 6.26. The van der Waals surface area contributed by atoms with Gasteiger partial charge in [-0.3, -0.25) is 0 Å². The molecule has 1 fully saturated rings. The number of nitrogen functional groups attached to an aromatic ring is 2. The largest absolute Gasteiger partial charge is 0.490 e. The molecule has 0 aliphatic carbocycles. The zero-order valence-corrected chi connectivity index (χ0v) is 15.4. The molecule has 1 aliphatic heterocycles. The third-order valence-electron chi connectivity index (χ3n) is 5.15. The van der Waals surface area contributed by atoms with Gasteiger partial charge in [0.25, 0.3) is 0 Å². The highest BCUT2D eigenvalue weighted by atomic mass is 16.5. The number of nitrogens with one attached hydrogen (secondary N) is 1. The summed E-state index contributed by atoms with van der Waals surface area (Å²) in [6.45, 7) is 3.50. The minimum absolute atomic E-state index is 0.0587. The van der Waals surface area contributed by atoms with Crippen LogP contribution in [0.15, 0.2) is 30.6 Å². The van der Waals surface area contributed by atoms with Gasteiger partial charge in [-0.2, -0.15) is 4.98 Å². The zero-order valence-electron chi connectivity index (χ0n) is 15.4. The number of benzene rings is 1. The van der Waals surface area contributed by atoms with E-state index in [9.17, 15) is 0 Å². The molecule has 5 N–H and O–H groups in total. The molecule has 0 amide bonds. The predicted octanol–water partition coefficient (Wildman–Crippen LogP) is 3.22. The maximum atomic E-state index is 6.15. The van der Waals surface area contributed by atoms with Gasteiger partial charge in [-0.15, -0.1) is 0 Å². The topological polar surface area (TPSA) is 112 Å². The number of hydrogen-bond acceptors (Lipinski definition) is 6. The number of nitrogens with zero attached hydrogens (tertiary/aromatic N) is 2. The van der Waals surface area contributed by atoms with Crippen LogP contribution in [-0.2, 0) is 4.74 Å². The van der Waals surface area contributed by atoms with Gasteiger partial charge in [0, 0.05) is 41.4 Å². The van der Waals surface area contributed by atoms with Gasteiger partial charge in [0.2, 0.25) is 5.95 Å². The van der Waals surface area contributed by atoms with Gasteiger partial charge in [-0.25, -0.2) is 4.98 Å². The number of aromatic nitrogens is 3. The van der Waals surface area contributed by atoms with Crippen molar-refractivity contribution in [1.29, 1.82) is 0 Å². The van der Waals surface area contributed by atoms with Gasteiger partial charge in [0.15, 0.2) is 0 Å². The summed E-state index contributed by atoms with van der Waals surface area (Å²) in [7, 11) is 0. The van der Waals surface area contributed by atoms with Gasteiger partial charge in [0.1, 0.15) is 18.2 Å². The molecule has 2 atom stereocenters. The zero-order chi connectivity index (χ0) is 18.8. The number of aromatic amines is 1. The average molecular weight is 367 g/mol. The first-order valence-corrected chi connectivity index (χ1v) is 9.39. The van der Waals surface area contributed by atoms with Crippen molar-refractivity contribution >= 4 is 22.7 Å². The number of fused-ring (bicyclic) bond motifs is 1. The van der Waals surface area contributed by atoms with E-state index in [2.05, 4.69) is 34.0 Å². The van der Waals surface area contributed by atoms with Gasteiger partial charge in [-0.1, -0.05) is 6.92 Å². The maximum Gasteiger partial charge on any atom is 0.221 e. The van der Waals surface area contributed by atoms with Crippen LogP contribution in [0.4, 0.5) is 11.8 Å². The van der Waals surface area contributed by atoms with Crippen LogP contribution in [0.1, 0.15) is 43.2 Å². The lowest BCUT2D eigenvalue weighted by Gasteiger charge is -2.19. The first kappa shape index (κ1) is 17.6. The first-order chi connectivity index (χ1) is 13.2. The second-order valence-electron chi connectivity index (χ2n) is 6.93. The Hall–Kier alpha value is -2.80. The monoisotopic (exact) mass is 367 g/mol. The Morgan fingerprint density at radius 3 is 3.00 bits per heavy atom. The number of H-pyrrole nitrogens is 1. The lowest BCUT2D eigenvalue weighted by atomic mass is 9.89. The Morgan fingerprint density at radius 1 is 1.37 bits per heavy atom. The predicted molar refractivity (Wildman–Crippen MR) is 106 cm³/mol. The molecule has 0 saturated carbocycles. The molecule has 7 heteroatoms. The highest BCUT2D eigenvalue weighted by molar-refractivity contribution is 5.87. The third-order valence-corrected chi connectivity index (χ3v) is 5.15. The molecule has 0 radical (unpaired) electrons. The summed E-state index contributed by atoms with van der Waals surface area (Å²) in [4.78, 5) is 11.5. The van der Waals surface area contributed by atoms with Crippen molar-refractivity contribution in [3.63, 3.8) is 0 Å². The molecule has 27 heavy (non-hydrogen) atoms. The molecule has 0 bridgehead atoms. The van der Waals surface area contributed by atoms with Gasteiger partial charge in [-0.05, 0) is 43.0 Å². The SMILES string of the molecule is CCC(c1cc(OCC2CCCO2)c2cc[nH]c2c1)c1cnc(N)nc1N. The van der Waals surface area contributed by atoms with E-state index in [1.54, 1.807) is 6.20 Å². The van der Waals surface area contributed by atoms with Crippen molar-refractivity contribution in [1.82, 2.24) is 15.0 Å². The summed E-state index contributed by atoms with van der Waals surface area (Å²) in [5.41, 5.74) is 14.8. The lowest BCUT2D eigenvalue weighted by molar-refractivity contribution is 0.0684. The van der Waals surface area contributed by atoms with Crippen LogP contribution in [0.3, 0.4) is 0 Å². The van der Waals surface area contributed by atoms with Crippen LogP contribution in [-0.4, -0.2) is 34.3 Å². The fourth-order valence-corrected chi connectivity index (χ4v) is 3.76. The quantitative estimate of drug-likeness (QED) is 0.617. The van der Waals surface area contributed by atoms with Crippen molar-refractivity contribution in [2.75, 3.05) is 24.7 Å². The van der Waals surface area contributed by atoms with E-state index in [0.717, 1.165) is 53.6 Å². The van der Waals surface area contributed by atoms with E-state index in [0.29, 0.717) is 12.4 Å². The van der Waals surface area contributed by atoms with E-state index >= 15 is 0 Å². The van der Waals surface area contributed by atoms with Crippen LogP contribution in [0.2, 0.25) is 0 Å². The van der Waals surface area contributed by atoms with Gasteiger partial charge in [0.05, 0.1) is 6.10 Å². The molecule has 142 valence electrons. The molecule has 3 heterocycles. The third kappa shape index (κ3) is 3.55. The van der Waals surface area contributed by atoms with E-state index in [1.807, 2.05) is 12.3 Å². The number of hydrogen-bond donors (Lipinski definition) is 3. The number of ether oxygens (including phenoxy) is 2. The highest BCUT2D eigenvalue weighted by Gasteiger charge is 2.21. The van der Waals surface area contributed by atoms with Crippen molar-refractivity contribution in [3.8, 4) is 5.75 Å². The molecular weight excluding hydrogens is 342 g/mol. The number of nitrogens with two attached hydrogens (primary N) is 2. The second-order valence-corrected chi connectivity index (χ2v) is 6.93. The summed E-state index contributed by atoms with van der Waals surface area (Å²) in [5.74, 6) is 1.52. The van der Waals surface area contributed by atoms with E-state index in [4.69, 9.17) is 20.9 Å². The summed E-state index contributed by atoms with van der Waals surface area (Å²) >= 11 is 0. The molecule has 1 aromatic carbocycles. The van der Waals surface area contributed by atoms with Crippen LogP contribution >= 0.6 is 0 Å². The molecule has 1 saturated heterocycles. The maximum absolute atomic E-state index is 6.15. The summed E-state index contributed by atoms with van der Waals surface area (Å²) < 4.78 is 11.8. The Labute approximate surface area is 158 Å². The van der Waals surface area contributed by atoms with E-state index < -0.39 is 0 Å². The molecule has 3 aromatic rings. The van der Waals surface area contributed by atoms with Crippen LogP contribution < -0.4 is 16.2 Å². The molecular formula is C20H25N5O2. The molecule has 7 nitrogen and oxygen atoms in total. The molecule has 0 spiro atoms. The highest BCUT2D eigenvalue weighted by Crippen LogP contribution is 2.36. The average Bonchev–Trinajstić information content (AvgIpc) is 3.33. The Balaban J connectivity index is 1.69. The summed E-state index contributed by atoms with van der Waals surface area (Å²) in [5, 5.41) is 1.06. The number of rotatable bonds is 6. The minimum atomic E-state index is 0.0587. The Morgan fingerprint density at radius 2 is 2.26 bits per heavy atom. The van der Waals surface area contributed by atoms with E-state index in [-0.39, 0.29) is 18.0 Å². The summed E-state index contributed by atoms with van der Waals surface area (Å²) in [6.07, 6.45) is 6.82. The molecule has 1 aliphatic rings. The van der Waals surface area contributed by atoms with Crippen molar-refractivity contribution < 1.29 is 9.47 Å². The lowest BCUT2D eigenvalue weighted by Crippen LogP contribution is -2.16. The van der Waals surface area contributed by atoms with Gasteiger partial charge < -0.3 is 25.9 Å². The molecule has 4 rings (SSSR count). The fourth-order valence-electron chi connectivity index (χ4n) is 3.76. The van der Waals surface area contributed by atoms with Crippen molar-refractivity contribution in [2.24, 2.45) is 0 Å². The smallest absolute Gasteiger partial charge is 0.221 e. The second kappa shape index (κ2) is 7.44. The number of anilines is 2. The molecule has 2 unspecified atom stereocenters. The first-order valence-electron chi connectivity index (χ1n) is 9.39. The Bertz CT molecular complexity index is 933. The van der Waals surface area contributed by atoms with Crippen LogP contribution in [0, 0.1) is 0 Å². The van der Waals surface area contributed by atoms with Crippen molar-refractivity contribution in [2.45, 2.75) is 38.2 Å². The normalized spacial score (nSPS) is 18.0. The molecule has 2 aromatic heterocycles. The fraction of sp³-hybridized carbons (Fsp3) is 0.400. The van der Waals surface area contributed by atoms with E-state index in [1.165, 1.54) is 0 Å². The van der Waals surface area contributed by atoms with Crippen molar-refractivity contribution in [3.05, 3.63) is 41.7 Å². The van der Waals surface area contributed by atoms with Crippen LogP contribution in [0.25, 0.3) is 10.9 Å². The standard InChI is InChI=1S/C20H25N5O2/c1-2-14(16-10-24-20(22)25-19(16)21)12-8-17-15(5-6-23-17)18(9-12)27-11-13-4-3-7-26-13/h5-6,8-10,13-14,23H,2-4,7,11H2,1H3,(H4,21,22,24,25). The van der Waals surface area contributed by atoms with Crippen LogP contribution in [0.5, 0.6) is 5.75 Å². The minimum Gasteiger partial charge on any atom is -0.490 e.